The van der Waals surface area contributed by atoms with Crippen LogP contribution in [0.4, 0.5) is 0 Å². The van der Waals surface area contributed by atoms with Crippen molar-refractivity contribution < 1.29 is 4.52 Å². The molecule has 3 rings (SSSR count). The number of hydrogen-bond acceptors (Lipinski definition) is 4. The van der Waals surface area contributed by atoms with Crippen molar-refractivity contribution in [2.24, 2.45) is 0 Å². The van der Waals surface area contributed by atoms with E-state index < -0.39 is 0 Å². The Balaban J connectivity index is 2.02. The zero-order valence-corrected chi connectivity index (χ0v) is 11.8. The second-order valence-electron chi connectivity index (χ2n) is 4.16. The summed E-state index contributed by atoms with van der Waals surface area (Å²) in [6, 6.07) is 11.6. The summed E-state index contributed by atoms with van der Waals surface area (Å²) in [5, 5.41) is 3.96. The number of benzene rings is 1. The molecule has 1 aromatic carbocycles. The Labute approximate surface area is 118 Å². The number of hydrogen-bond donors (Lipinski definition) is 0. The summed E-state index contributed by atoms with van der Waals surface area (Å²) in [6.07, 6.45) is 1.70. The first-order valence-corrected chi connectivity index (χ1v) is 6.54. The van der Waals surface area contributed by atoms with Crippen LogP contribution in [0.3, 0.4) is 0 Å². The third-order valence-electron chi connectivity index (χ3n) is 2.61. The maximum atomic E-state index is 5.29. The SMILES string of the molecule is Cc1cc(Br)cc(-c2nc(-c3ccccn3)no2)c1. The summed E-state index contributed by atoms with van der Waals surface area (Å²) in [4.78, 5) is 8.57. The van der Waals surface area contributed by atoms with Crippen molar-refractivity contribution in [2.75, 3.05) is 0 Å². The number of nitrogens with zero attached hydrogens (tertiary/aromatic N) is 3. The highest BCUT2D eigenvalue weighted by Crippen LogP contribution is 2.25. The minimum Gasteiger partial charge on any atom is -0.334 e. The fraction of sp³-hybridized carbons (Fsp3) is 0.0714. The molecule has 0 saturated carbocycles. The molecule has 0 spiro atoms. The van der Waals surface area contributed by atoms with Crippen molar-refractivity contribution in [3.8, 4) is 23.0 Å². The van der Waals surface area contributed by atoms with Gasteiger partial charge >= 0.3 is 0 Å². The van der Waals surface area contributed by atoms with Crippen molar-refractivity contribution in [2.45, 2.75) is 6.92 Å². The predicted octanol–water partition coefficient (Wildman–Crippen LogP) is 3.87. The van der Waals surface area contributed by atoms with Crippen molar-refractivity contribution in [3.05, 3.63) is 52.6 Å². The van der Waals surface area contributed by atoms with E-state index in [0.717, 1.165) is 15.6 Å². The summed E-state index contributed by atoms with van der Waals surface area (Å²) >= 11 is 3.46. The Morgan fingerprint density at radius 2 is 2.05 bits per heavy atom. The third kappa shape index (κ3) is 2.56. The van der Waals surface area contributed by atoms with Gasteiger partial charge in [-0.3, -0.25) is 4.98 Å². The highest BCUT2D eigenvalue weighted by atomic mass is 79.9. The Bertz CT molecular complexity index is 689. The predicted molar refractivity (Wildman–Crippen MR) is 75.4 cm³/mol. The van der Waals surface area contributed by atoms with Gasteiger partial charge in [0.25, 0.3) is 5.89 Å². The first-order valence-electron chi connectivity index (χ1n) is 5.75. The lowest BCUT2D eigenvalue weighted by atomic mass is 10.1. The molecule has 0 atom stereocenters. The van der Waals surface area contributed by atoms with Crippen molar-refractivity contribution in [1.29, 1.82) is 0 Å². The number of pyridine rings is 1. The van der Waals surface area contributed by atoms with Crippen LogP contribution in [0.5, 0.6) is 0 Å². The van der Waals surface area contributed by atoms with Gasteiger partial charge in [-0.25, -0.2) is 0 Å². The highest BCUT2D eigenvalue weighted by molar-refractivity contribution is 9.10. The summed E-state index contributed by atoms with van der Waals surface area (Å²) in [5.74, 6) is 0.985. The van der Waals surface area contributed by atoms with E-state index in [4.69, 9.17) is 4.52 Å². The molecule has 0 radical (unpaired) electrons. The van der Waals surface area contributed by atoms with E-state index in [2.05, 4.69) is 31.1 Å². The highest BCUT2D eigenvalue weighted by Gasteiger charge is 2.11. The Morgan fingerprint density at radius 3 is 2.79 bits per heavy atom. The van der Waals surface area contributed by atoms with E-state index in [1.54, 1.807) is 6.20 Å². The summed E-state index contributed by atoms with van der Waals surface area (Å²) in [7, 11) is 0. The lowest BCUT2D eigenvalue weighted by Crippen LogP contribution is -1.84. The van der Waals surface area contributed by atoms with Crippen LogP contribution < -0.4 is 0 Å². The number of aryl methyl sites for hydroxylation is 1. The molecule has 5 heteroatoms. The van der Waals surface area contributed by atoms with Gasteiger partial charge in [-0.2, -0.15) is 4.98 Å². The van der Waals surface area contributed by atoms with Gasteiger partial charge in [0.2, 0.25) is 5.82 Å². The van der Waals surface area contributed by atoms with E-state index in [9.17, 15) is 0 Å². The molecular weight excluding hydrogens is 306 g/mol. The van der Waals surface area contributed by atoms with Crippen molar-refractivity contribution in [3.63, 3.8) is 0 Å². The molecule has 0 aliphatic heterocycles. The van der Waals surface area contributed by atoms with Gasteiger partial charge in [-0.05, 0) is 42.8 Å². The largest absolute Gasteiger partial charge is 0.334 e. The van der Waals surface area contributed by atoms with Crippen LogP contribution in [0.2, 0.25) is 0 Å². The van der Waals surface area contributed by atoms with E-state index in [1.807, 2.05) is 43.3 Å². The smallest absolute Gasteiger partial charge is 0.258 e. The molecule has 19 heavy (non-hydrogen) atoms. The first-order chi connectivity index (χ1) is 9.22. The van der Waals surface area contributed by atoms with Crippen LogP contribution in [0.1, 0.15) is 5.56 Å². The third-order valence-corrected chi connectivity index (χ3v) is 3.07. The molecule has 3 aromatic rings. The average molecular weight is 316 g/mol. The molecule has 0 aliphatic rings. The fourth-order valence-electron chi connectivity index (χ4n) is 1.80. The van der Waals surface area contributed by atoms with E-state index in [1.165, 1.54) is 0 Å². The van der Waals surface area contributed by atoms with Crippen molar-refractivity contribution >= 4 is 15.9 Å². The quantitative estimate of drug-likeness (QED) is 0.720. The maximum Gasteiger partial charge on any atom is 0.258 e. The molecule has 2 heterocycles. The Kier molecular flexibility index (Phi) is 3.13. The first kappa shape index (κ1) is 12.0. The Hall–Kier alpha value is -2.01. The molecule has 0 saturated heterocycles. The molecule has 0 N–H and O–H groups in total. The minimum atomic E-state index is 0.491. The van der Waals surface area contributed by atoms with Gasteiger partial charge in [0.15, 0.2) is 0 Å². The van der Waals surface area contributed by atoms with E-state index in [0.29, 0.717) is 17.4 Å². The second kappa shape index (κ2) is 4.93. The molecule has 0 aliphatic carbocycles. The number of aromatic nitrogens is 3. The van der Waals surface area contributed by atoms with Crippen LogP contribution >= 0.6 is 15.9 Å². The fourth-order valence-corrected chi connectivity index (χ4v) is 2.41. The molecule has 0 amide bonds. The van der Waals surface area contributed by atoms with Gasteiger partial charge in [0.05, 0.1) is 0 Å². The zero-order chi connectivity index (χ0) is 13.2. The summed E-state index contributed by atoms with van der Waals surface area (Å²) in [6.45, 7) is 2.02. The molecule has 2 aromatic heterocycles. The lowest BCUT2D eigenvalue weighted by Gasteiger charge is -1.98. The van der Waals surface area contributed by atoms with Crippen LogP contribution in [-0.2, 0) is 0 Å². The zero-order valence-electron chi connectivity index (χ0n) is 10.2. The van der Waals surface area contributed by atoms with Gasteiger partial charge in [0.1, 0.15) is 5.69 Å². The minimum absolute atomic E-state index is 0.491. The normalized spacial score (nSPS) is 10.6. The van der Waals surface area contributed by atoms with Gasteiger partial charge in [-0.15, -0.1) is 0 Å². The second-order valence-corrected chi connectivity index (χ2v) is 5.07. The van der Waals surface area contributed by atoms with Crippen LogP contribution in [0, 0.1) is 6.92 Å². The van der Waals surface area contributed by atoms with E-state index >= 15 is 0 Å². The van der Waals surface area contributed by atoms with Gasteiger partial charge in [0, 0.05) is 16.2 Å². The lowest BCUT2D eigenvalue weighted by molar-refractivity contribution is 0.432. The van der Waals surface area contributed by atoms with Gasteiger partial charge < -0.3 is 4.52 Å². The topological polar surface area (TPSA) is 51.8 Å². The van der Waals surface area contributed by atoms with E-state index in [-0.39, 0.29) is 0 Å². The number of halogens is 1. The molecule has 4 nitrogen and oxygen atoms in total. The maximum absolute atomic E-state index is 5.29. The van der Waals surface area contributed by atoms with Crippen LogP contribution in [-0.4, -0.2) is 15.1 Å². The van der Waals surface area contributed by atoms with Gasteiger partial charge in [-0.1, -0.05) is 27.2 Å². The summed E-state index contributed by atoms with van der Waals surface area (Å²) in [5.41, 5.74) is 2.72. The van der Waals surface area contributed by atoms with Crippen LogP contribution in [0.15, 0.2) is 51.6 Å². The molecule has 94 valence electrons. The molecule has 0 bridgehead atoms. The average Bonchev–Trinajstić information content (AvgIpc) is 2.88. The standard InChI is InChI=1S/C14H10BrN3O/c1-9-6-10(8-11(15)7-9)14-17-13(18-19-14)12-4-2-3-5-16-12/h2-8H,1H3. The molecule has 0 fully saturated rings. The summed E-state index contributed by atoms with van der Waals surface area (Å²) < 4.78 is 6.28. The molecule has 0 unspecified atom stereocenters. The monoisotopic (exact) mass is 315 g/mol. The Morgan fingerprint density at radius 1 is 1.16 bits per heavy atom. The molecular formula is C14H10BrN3O. The van der Waals surface area contributed by atoms with Crippen molar-refractivity contribution in [1.82, 2.24) is 15.1 Å². The number of rotatable bonds is 2. The van der Waals surface area contributed by atoms with Crippen LogP contribution in [0.25, 0.3) is 23.0 Å².